The van der Waals surface area contributed by atoms with E-state index in [4.69, 9.17) is 0 Å². The first-order valence-electron chi connectivity index (χ1n) is 5.18. The molecule has 3 rings (SSSR count). The van der Waals surface area contributed by atoms with E-state index in [-0.39, 0.29) is 0 Å². The molecule has 0 bridgehead atoms. The first-order chi connectivity index (χ1) is 8.35. The molecule has 0 aliphatic carbocycles. The van der Waals surface area contributed by atoms with E-state index in [0.717, 1.165) is 18.5 Å². The molecule has 0 N–H and O–H groups in total. The summed E-state index contributed by atoms with van der Waals surface area (Å²) in [7, 11) is 0. The molecule has 0 unspecified atom stereocenters. The van der Waals surface area contributed by atoms with E-state index < -0.39 is 0 Å². The van der Waals surface area contributed by atoms with Crippen molar-refractivity contribution < 1.29 is 4.79 Å². The molecule has 0 amide bonds. The van der Waals surface area contributed by atoms with Crippen LogP contribution in [-0.4, -0.2) is 20.9 Å². The van der Waals surface area contributed by atoms with Crippen molar-refractivity contribution in [3.63, 3.8) is 0 Å². The van der Waals surface area contributed by atoms with Crippen LogP contribution < -0.4 is 0 Å². The lowest BCUT2D eigenvalue weighted by Gasteiger charge is -1.90. The van der Waals surface area contributed by atoms with Gasteiger partial charge in [-0.2, -0.15) is 5.10 Å². The molecule has 0 saturated heterocycles. The number of nitrogens with zero attached hydrogens (tertiary/aromatic N) is 3. The van der Waals surface area contributed by atoms with Crippen molar-refractivity contribution in [3.05, 3.63) is 52.1 Å². The Morgan fingerprint density at radius 1 is 1.41 bits per heavy atom. The molecule has 0 aliphatic rings. The summed E-state index contributed by atoms with van der Waals surface area (Å²) in [5.74, 6) is 0.774. The van der Waals surface area contributed by atoms with Gasteiger partial charge in [0.1, 0.15) is 6.29 Å². The van der Waals surface area contributed by atoms with Crippen molar-refractivity contribution >= 4 is 23.3 Å². The molecule has 0 spiro atoms. The van der Waals surface area contributed by atoms with E-state index in [1.165, 1.54) is 4.88 Å². The lowest BCUT2D eigenvalue weighted by atomic mass is 10.3. The number of carbonyl (C=O) groups excluding carboxylic acids is 1. The SMILES string of the molecule is O=Cc1ccn2nc(Cc3cccs3)nc2c1. The third kappa shape index (κ3) is 1.97. The van der Waals surface area contributed by atoms with E-state index >= 15 is 0 Å². The molecule has 0 aromatic carbocycles. The zero-order valence-electron chi connectivity index (χ0n) is 8.91. The minimum absolute atomic E-state index is 0.618. The number of aldehydes is 1. The quantitative estimate of drug-likeness (QED) is 0.662. The second kappa shape index (κ2) is 4.10. The van der Waals surface area contributed by atoms with Gasteiger partial charge >= 0.3 is 0 Å². The number of carbonyl (C=O) groups is 1. The lowest BCUT2D eigenvalue weighted by Crippen LogP contribution is -1.90. The summed E-state index contributed by atoms with van der Waals surface area (Å²) in [4.78, 5) is 16.3. The van der Waals surface area contributed by atoms with Gasteiger partial charge in [0, 0.05) is 23.1 Å². The fourth-order valence-corrected chi connectivity index (χ4v) is 2.36. The highest BCUT2D eigenvalue weighted by Crippen LogP contribution is 2.13. The highest BCUT2D eigenvalue weighted by Gasteiger charge is 2.05. The van der Waals surface area contributed by atoms with Gasteiger partial charge in [-0.25, -0.2) is 9.50 Å². The van der Waals surface area contributed by atoms with Crippen LogP contribution in [0.4, 0.5) is 0 Å². The molecule has 0 radical (unpaired) electrons. The average molecular weight is 243 g/mol. The third-order valence-corrected chi connectivity index (χ3v) is 3.33. The predicted octanol–water partition coefficient (Wildman–Crippen LogP) is 2.19. The van der Waals surface area contributed by atoms with Gasteiger partial charge in [-0.15, -0.1) is 11.3 Å². The van der Waals surface area contributed by atoms with Gasteiger partial charge in [0.15, 0.2) is 11.5 Å². The number of hydrogen-bond donors (Lipinski definition) is 0. The van der Waals surface area contributed by atoms with Crippen LogP contribution in [0.25, 0.3) is 5.65 Å². The number of aromatic nitrogens is 3. The molecule has 4 nitrogen and oxygen atoms in total. The maximum Gasteiger partial charge on any atom is 0.156 e. The van der Waals surface area contributed by atoms with Crippen LogP contribution in [0.2, 0.25) is 0 Å². The van der Waals surface area contributed by atoms with Crippen LogP contribution in [0, 0.1) is 0 Å². The maximum absolute atomic E-state index is 10.7. The topological polar surface area (TPSA) is 47.3 Å². The smallest absolute Gasteiger partial charge is 0.156 e. The van der Waals surface area contributed by atoms with Gasteiger partial charge in [-0.3, -0.25) is 4.79 Å². The number of rotatable bonds is 3. The van der Waals surface area contributed by atoms with Crippen molar-refractivity contribution in [1.82, 2.24) is 14.6 Å². The number of pyridine rings is 1. The van der Waals surface area contributed by atoms with Crippen LogP contribution >= 0.6 is 11.3 Å². The Morgan fingerprint density at radius 3 is 3.12 bits per heavy atom. The van der Waals surface area contributed by atoms with Crippen molar-refractivity contribution in [2.24, 2.45) is 0 Å². The van der Waals surface area contributed by atoms with Crippen molar-refractivity contribution in [2.75, 3.05) is 0 Å². The van der Waals surface area contributed by atoms with Crippen molar-refractivity contribution in [1.29, 1.82) is 0 Å². The van der Waals surface area contributed by atoms with E-state index in [1.807, 2.05) is 11.4 Å². The molecular formula is C12H9N3OS. The zero-order valence-corrected chi connectivity index (χ0v) is 9.72. The fourth-order valence-electron chi connectivity index (χ4n) is 1.66. The molecule has 3 heterocycles. The van der Waals surface area contributed by atoms with E-state index in [9.17, 15) is 4.79 Å². The Balaban J connectivity index is 1.98. The van der Waals surface area contributed by atoms with Crippen molar-refractivity contribution in [2.45, 2.75) is 6.42 Å². The summed E-state index contributed by atoms with van der Waals surface area (Å²) in [5, 5.41) is 6.40. The standard InChI is InChI=1S/C12H9N3OS/c16-8-9-3-4-15-12(6-9)13-11(14-15)7-10-2-1-5-17-10/h1-6,8H,7H2. The van der Waals surface area contributed by atoms with Crippen LogP contribution in [0.3, 0.4) is 0 Å². The molecule has 17 heavy (non-hydrogen) atoms. The van der Waals surface area contributed by atoms with Crippen LogP contribution in [0.5, 0.6) is 0 Å². The van der Waals surface area contributed by atoms with Gasteiger partial charge < -0.3 is 0 Å². The van der Waals surface area contributed by atoms with Crippen LogP contribution in [0.1, 0.15) is 21.1 Å². The Kier molecular flexibility index (Phi) is 2.45. The lowest BCUT2D eigenvalue weighted by molar-refractivity contribution is 0.112. The number of thiophene rings is 1. The predicted molar refractivity (Wildman–Crippen MR) is 65.5 cm³/mol. The van der Waals surface area contributed by atoms with E-state index in [2.05, 4.69) is 16.1 Å². The first kappa shape index (κ1) is 10.2. The van der Waals surface area contributed by atoms with Gasteiger partial charge in [-0.1, -0.05) is 6.07 Å². The Hall–Kier alpha value is -2.01. The summed E-state index contributed by atoms with van der Waals surface area (Å²) in [6.07, 6.45) is 3.30. The molecule has 3 aromatic heterocycles. The van der Waals surface area contributed by atoms with E-state index in [0.29, 0.717) is 11.2 Å². The Morgan fingerprint density at radius 2 is 2.35 bits per heavy atom. The monoisotopic (exact) mass is 243 g/mol. The zero-order chi connectivity index (χ0) is 11.7. The molecule has 3 aromatic rings. The third-order valence-electron chi connectivity index (χ3n) is 2.45. The Bertz CT molecular complexity index is 658. The maximum atomic E-state index is 10.7. The van der Waals surface area contributed by atoms with Gasteiger partial charge in [0.2, 0.25) is 0 Å². The van der Waals surface area contributed by atoms with Gasteiger partial charge in [-0.05, 0) is 23.6 Å². The largest absolute Gasteiger partial charge is 0.298 e. The van der Waals surface area contributed by atoms with Crippen LogP contribution in [0.15, 0.2) is 35.8 Å². The normalized spacial score (nSPS) is 10.8. The first-order valence-corrected chi connectivity index (χ1v) is 6.06. The summed E-state index contributed by atoms with van der Waals surface area (Å²) < 4.78 is 1.69. The van der Waals surface area contributed by atoms with Crippen molar-refractivity contribution in [3.8, 4) is 0 Å². The summed E-state index contributed by atoms with van der Waals surface area (Å²) in [6, 6.07) is 7.54. The minimum atomic E-state index is 0.618. The molecule has 0 fully saturated rings. The second-order valence-electron chi connectivity index (χ2n) is 3.66. The molecule has 5 heteroatoms. The van der Waals surface area contributed by atoms with Gasteiger partial charge in [0.25, 0.3) is 0 Å². The number of fused-ring (bicyclic) bond motifs is 1. The average Bonchev–Trinajstić information content (AvgIpc) is 2.96. The summed E-state index contributed by atoms with van der Waals surface area (Å²) >= 11 is 1.69. The highest BCUT2D eigenvalue weighted by molar-refractivity contribution is 7.09. The van der Waals surface area contributed by atoms with Gasteiger partial charge in [0.05, 0.1) is 0 Å². The highest BCUT2D eigenvalue weighted by atomic mass is 32.1. The molecule has 0 saturated carbocycles. The van der Waals surface area contributed by atoms with Crippen LogP contribution in [-0.2, 0) is 6.42 Å². The Labute approximate surface area is 102 Å². The molecular weight excluding hydrogens is 234 g/mol. The van der Waals surface area contributed by atoms with E-state index in [1.54, 1.807) is 34.2 Å². The second-order valence-corrected chi connectivity index (χ2v) is 4.70. The minimum Gasteiger partial charge on any atom is -0.298 e. The summed E-state index contributed by atoms with van der Waals surface area (Å²) in [6.45, 7) is 0. The fraction of sp³-hybridized carbons (Fsp3) is 0.0833. The summed E-state index contributed by atoms with van der Waals surface area (Å²) in [5.41, 5.74) is 1.33. The number of hydrogen-bond acceptors (Lipinski definition) is 4. The molecule has 0 aliphatic heterocycles. The molecule has 0 atom stereocenters. The molecule has 84 valence electrons.